The molecule has 0 spiro atoms. The summed E-state index contributed by atoms with van der Waals surface area (Å²) in [7, 11) is 0. The van der Waals surface area contributed by atoms with Crippen molar-refractivity contribution in [3.8, 4) is 17.6 Å². The number of halogens is 2. The van der Waals surface area contributed by atoms with Crippen LogP contribution in [0.25, 0.3) is 0 Å². The van der Waals surface area contributed by atoms with E-state index in [9.17, 15) is 4.79 Å². The van der Waals surface area contributed by atoms with E-state index in [1.807, 2.05) is 6.07 Å². The van der Waals surface area contributed by atoms with Gasteiger partial charge in [0, 0.05) is 0 Å². The van der Waals surface area contributed by atoms with Crippen molar-refractivity contribution in [2.75, 3.05) is 6.61 Å². The molecule has 0 bridgehead atoms. The van der Waals surface area contributed by atoms with Crippen LogP contribution in [0.1, 0.15) is 5.56 Å². The van der Waals surface area contributed by atoms with E-state index in [1.165, 1.54) is 6.07 Å². The number of rotatable bonds is 4. The van der Waals surface area contributed by atoms with Gasteiger partial charge in [-0.3, -0.25) is 0 Å². The summed E-state index contributed by atoms with van der Waals surface area (Å²) in [4.78, 5) is 11.7. The van der Waals surface area contributed by atoms with Gasteiger partial charge < -0.3 is 9.47 Å². The SMILES string of the molecule is N#Cc1ccccc1OCC(=O)Oc1cccc(Cl)c1Cl. The zero-order valence-electron chi connectivity index (χ0n) is 10.7. The van der Waals surface area contributed by atoms with Crippen molar-refractivity contribution < 1.29 is 14.3 Å². The van der Waals surface area contributed by atoms with Gasteiger partial charge in [-0.2, -0.15) is 5.26 Å². The third kappa shape index (κ3) is 3.88. The smallest absolute Gasteiger partial charge is 0.349 e. The molecule has 2 rings (SSSR count). The molecule has 0 unspecified atom stereocenters. The largest absolute Gasteiger partial charge is 0.481 e. The molecule has 0 heterocycles. The molecule has 0 aromatic heterocycles. The number of para-hydroxylation sites is 1. The van der Waals surface area contributed by atoms with Gasteiger partial charge in [0.1, 0.15) is 16.8 Å². The highest BCUT2D eigenvalue weighted by molar-refractivity contribution is 6.43. The molecule has 0 atom stereocenters. The van der Waals surface area contributed by atoms with Crippen LogP contribution in [0.15, 0.2) is 42.5 Å². The molecule has 0 aliphatic rings. The average Bonchev–Trinajstić information content (AvgIpc) is 2.50. The van der Waals surface area contributed by atoms with Crippen LogP contribution >= 0.6 is 23.2 Å². The summed E-state index contributed by atoms with van der Waals surface area (Å²) in [5.74, 6) is -0.174. The maximum absolute atomic E-state index is 11.7. The minimum atomic E-state index is -0.646. The number of carbonyl (C=O) groups is 1. The molecule has 0 aliphatic heterocycles. The topological polar surface area (TPSA) is 59.3 Å². The standard InChI is InChI=1S/C15H9Cl2NO3/c16-11-5-3-7-13(15(11)17)21-14(19)9-20-12-6-2-1-4-10(12)8-18/h1-7H,9H2. The van der Waals surface area contributed by atoms with Crippen LogP contribution in [0.2, 0.25) is 10.0 Å². The number of nitrogens with zero attached hydrogens (tertiary/aromatic N) is 1. The van der Waals surface area contributed by atoms with Gasteiger partial charge in [-0.15, -0.1) is 0 Å². The fourth-order valence-corrected chi connectivity index (χ4v) is 1.87. The minimum Gasteiger partial charge on any atom is -0.481 e. The lowest BCUT2D eigenvalue weighted by Crippen LogP contribution is -2.18. The molecule has 21 heavy (non-hydrogen) atoms. The maximum Gasteiger partial charge on any atom is 0.349 e. The number of ether oxygens (including phenoxy) is 2. The molecule has 0 fully saturated rings. The van der Waals surface area contributed by atoms with E-state index < -0.39 is 5.97 Å². The Labute approximate surface area is 131 Å². The Balaban J connectivity index is 2.00. The first-order chi connectivity index (χ1) is 10.1. The van der Waals surface area contributed by atoms with Gasteiger partial charge in [0.05, 0.1) is 10.6 Å². The highest BCUT2D eigenvalue weighted by atomic mass is 35.5. The summed E-state index contributed by atoms with van der Waals surface area (Å²) >= 11 is 11.7. The van der Waals surface area contributed by atoms with Gasteiger partial charge in [0.2, 0.25) is 0 Å². The monoisotopic (exact) mass is 321 g/mol. The third-order valence-corrected chi connectivity index (χ3v) is 3.29. The van der Waals surface area contributed by atoms with Gasteiger partial charge in [0.15, 0.2) is 12.4 Å². The van der Waals surface area contributed by atoms with E-state index >= 15 is 0 Å². The van der Waals surface area contributed by atoms with E-state index in [1.54, 1.807) is 36.4 Å². The van der Waals surface area contributed by atoms with Crippen molar-refractivity contribution >= 4 is 29.2 Å². The number of esters is 1. The molecule has 2 aromatic rings. The van der Waals surface area contributed by atoms with Crippen molar-refractivity contribution in [2.24, 2.45) is 0 Å². The minimum absolute atomic E-state index is 0.157. The van der Waals surface area contributed by atoms with Crippen molar-refractivity contribution in [3.05, 3.63) is 58.1 Å². The normalized spacial score (nSPS) is 9.76. The molecule has 0 saturated heterocycles. The molecule has 0 saturated carbocycles. The zero-order valence-corrected chi connectivity index (χ0v) is 12.2. The van der Waals surface area contributed by atoms with Crippen molar-refractivity contribution in [1.29, 1.82) is 5.26 Å². The van der Waals surface area contributed by atoms with Gasteiger partial charge >= 0.3 is 5.97 Å². The van der Waals surface area contributed by atoms with Crippen molar-refractivity contribution in [3.63, 3.8) is 0 Å². The van der Waals surface area contributed by atoms with Crippen LogP contribution < -0.4 is 9.47 Å². The summed E-state index contributed by atoms with van der Waals surface area (Å²) < 4.78 is 10.3. The average molecular weight is 322 g/mol. The second-order valence-corrected chi connectivity index (χ2v) is 4.71. The van der Waals surface area contributed by atoms with Gasteiger partial charge in [0.25, 0.3) is 0 Å². The Hall–Kier alpha value is -2.22. The lowest BCUT2D eigenvalue weighted by atomic mass is 10.2. The Kier molecular flexibility index (Phi) is 5.04. The fraction of sp³-hybridized carbons (Fsp3) is 0.0667. The molecule has 0 amide bonds. The van der Waals surface area contributed by atoms with Gasteiger partial charge in [-0.1, -0.05) is 41.4 Å². The summed E-state index contributed by atoms with van der Waals surface area (Å²) in [5.41, 5.74) is 0.339. The lowest BCUT2D eigenvalue weighted by Gasteiger charge is -2.09. The predicted octanol–water partition coefficient (Wildman–Crippen LogP) is 3.85. The molecule has 0 aliphatic carbocycles. The first-order valence-electron chi connectivity index (χ1n) is 5.88. The Morgan fingerprint density at radius 2 is 1.81 bits per heavy atom. The van der Waals surface area contributed by atoms with E-state index in [4.69, 9.17) is 37.9 Å². The summed E-state index contributed by atoms with van der Waals surface area (Å²) in [6.45, 7) is -0.346. The molecule has 0 radical (unpaired) electrons. The number of benzene rings is 2. The fourth-order valence-electron chi connectivity index (χ4n) is 1.54. The predicted molar refractivity (Wildman–Crippen MR) is 78.7 cm³/mol. The first-order valence-corrected chi connectivity index (χ1v) is 6.64. The second-order valence-electron chi connectivity index (χ2n) is 3.92. The maximum atomic E-state index is 11.7. The first kappa shape index (κ1) is 15.2. The summed E-state index contributed by atoms with van der Waals surface area (Å²) in [6, 6.07) is 13.3. The highest BCUT2D eigenvalue weighted by Crippen LogP contribution is 2.31. The van der Waals surface area contributed by atoms with Crippen LogP contribution in [-0.2, 0) is 4.79 Å². The van der Waals surface area contributed by atoms with Gasteiger partial charge in [-0.25, -0.2) is 4.79 Å². The van der Waals surface area contributed by atoms with Gasteiger partial charge in [-0.05, 0) is 24.3 Å². The van der Waals surface area contributed by atoms with Crippen LogP contribution in [0.4, 0.5) is 0 Å². The van der Waals surface area contributed by atoms with Crippen molar-refractivity contribution in [1.82, 2.24) is 0 Å². The third-order valence-electron chi connectivity index (χ3n) is 2.49. The number of hydrogen-bond acceptors (Lipinski definition) is 4. The quantitative estimate of drug-likeness (QED) is 0.634. The van der Waals surface area contributed by atoms with E-state index in [2.05, 4.69) is 0 Å². The van der Waals surface area contributed by atoms with E-state index in [-0.39, 0.29) is 22.4 Å². The van der Waals surface area contributed by atoms with Crippen LogP contribution in [0, 0.1) is 11.3 Å². The second kappa shape index (κ2) is 6.98. The Bertz CT molecular complexity index is 710. The lowest BCUT2D eigenvalue weighted by molar-refractivity contribution is -0.136. The molecule has 6 heteroatoms. The zero-order chi connectivity index (χ0) is 15.2. The number of carbonyl (C=O) groups excluding carboxylic acids is 1. The Morgan fingerprint density at radius 3 is 2.57 bits per heavy atom. The van der Waals surface area contributed by atoms with Crippen LogP contribution in [-0.4, -0.2) is 12.6 Å². The number of hydrogen-bond donors (Lipinski definition) is 0. The number of nitriles is 1. The summed E-state index contributed by atoms with van der Waals surface area (Å²) in [5, 5.41) is 9.35. The molecular formula is C15H9Cl2NO3. The summed E-state index contributed by atoms with van der Waals surface area (Å²) in [6.07, 6.45) is 0. The van der Waals surface area contributed by atoms with Crippen LogP contribution in [0.3, 0.4) is 0 Å². The molecule has 4 nitrogen and oxygen atoms in total. The highest BCUT2D eigenvalue weighted by Gasteiger charge is 2.12. The van der Waals surface area contributed by atoms with E-state index in [0.29, 0.717) is 11.3 Å². The Morgan fingerprint density at radius 1 is 1.10 bits per heavy atom. The van der Waals surface area contributed by atoms with E-state index in [0.717, 1.165) is 0 Å². The van der Waals surface area contributed by atoms with Crippen LogP contribution in [0.5, 0.6) is 11.5 Å². The molecule has 2 aromatic carbocycles. The van der Waals surface area contributed by atoms with Crippen molar-refractivity contribution in [2.45, 2.75) is 0 Å². The molecule has 0 N–H and O–H groups in total. The molecule has 106 valence electrons. The molecular weight excluding hydrogens is 313 g/mol.